The van der Waals surface area contributed by atoms with Crippen molar-refractivity contribution in [2.24, 2.45) is 0 Å². The molecule has 0 bridgehead atoms. The molecule has 1 saturated carbocycles. The van der Waals surface area contributed by atoms with Crippen LogP contribution in [0.4, 0.5) is 17.5 Å². The standard InChI is InChI=1S/C27H32N6O4/c1-32(2)25-21-8-3-4-9-22(21)30-27(31-25)29-19-12-10-18(11-13-19)28-26(34)24-15-14-23(37-24)17-6-5-7-20(16-17)33(35)36/h5-7,14-16,18-19H,3-4,8-13H2,1-2H3,(H,28,34)(H,29,30,31)/t18-,19+. The van der Waals surface area contributed by atoms with Gasteiger partial charge in [0.1, 0.15) is 11.6 Å². The maximum absolute atomic E-state index is 12.8. The van der Waals surface area contributed by atoms with Gasteiger partial charge in [-0.1, -0.05) is 12.1 Å². The number of anilines is 2. The highest BCUT2D eigenvalue weighted by molar-refractivity contribution is 5.92. The van der Waals surface area contributed by atoms with Crippen LogP contribution in [0.15, 0.2) is 40.8 Å². The largest absolute Gasteiger partial charge is 0.451 e. The second-order valence-electron chi connectivity index (χ2n) is 10.0. The zero-order valence-corrected chi connectivity index (χ0v) is 21.2. The van der Waals surface area contributed by atoms with Crippen molar-refractivity contribution in [3.63, 3.8) is 0 Å². The topological polar surface area (TPSA) is 126 Å². The average Bonchev–Trinajstić information content (AvgIpc) is 3.40. The molecule has 1 fully saturated rings. The van der Waals surface area contributed by atoms with Crippen LogP contribution in [0.1, 0.15) is 60.3 Å². The van der Waals surface area contributed by atoms with Crippen LogP contribution in [0.5, 0.6) is 0 Å². The molecule has 0 radical (unpaired) electrons. The molecule has 0 spiro atoms. The molecule has 3 aromatic rings. The number of rotatable bonds is 7. The molecule has 0 aliphatic heterocycles. The van der Waals surface area contributed by atoms with Gasteiger partial charge in [-0.3, -0.25) is 14.9 Å². The van der Waals surface area contributed by atoms with Gasteiger partial charge in [0.2, 0.25) is 5.95 Å². The van der Waals surface area contributed by atoms with Crippen LogP contribution in [0.25, 0.3) is 11.3 Å². The van der Waals surface area contributed by atoms with E-state index in [0.29, 0.717) is 17.3 Å². The summed E-state index contributed by atoms with van der Waals surface area (Å²) in [4.78, 5) is 35.1. The van der Waals surface area contributed by atoms with Crippen LogP contribution in [0.3, 0.4) is 0 Å². The lowest BCUT2D eigenvalue weighted by Gasteiger charge is -2.30. The second kappa shape index (κ2) is 10.6. The molecule has 0 atom stereocenters. The van der Waals surface area contributed by atoms with Crippen LogP contribution in [-0.4, -0.2) is 47.0 Å². The smallest absolute Gasteiger partial charge is 0.287 e. The number of furan rings is 1. The van der Waals surface area contributed by atoms with Gasteiger partial charge in [-0.25, -0.2) is 4.98 Å². The minimum absolute atomic E-state index is 0.0241. The van der Waals surface area contributed by atoms with Crippen molar-refractivity contribution in [1.29, 1.82) is 0 Å². The van der Waals surface area contributed by atoms with Gasteiger partial charge < -0.3 is 20.0 Å². The summed E-state index contributed by atoms with van der Waals surface area (Å²) >= 11 is 0. The highest BCUT2D eigenvalue weighted by atomic mass is 16.6. The van der Waals surface area contributed by atoms with Gasteiger partial charge in [0.05, 0.1) is 10.6 Å². The number of benzene rings is 1. The zero-order valence-electron chi connectivity index (χ0n) is 21.2. The first-order valence-electron chi connectivity index (χ1n) is 12.9. The number of nitrogens with zero attached hydrogens (tertiary/aromatic N) is 4. The van der Waals surface area contributed by atoms with E-state index in [1.54, 1.807) is 24.3 Å². The molecule has 2 aromatic heterocycles. The molecule has 10 heteroatoms. The van der Waals surface area contributed by atoms with Crippen LogP contribution < -0.4 is 15.5 Å². The molecule has 2 heterocycles. The molecule has 2 aliphatic rings. The average molecular weight is 505 g/mol. The number of nitro benzene ring substituents is 1. The molecule has 0 unspecified atom stereocenters. The number of hydrogen-bond donors (Lipinski definition) is 2. The van der Waals surface area contributed by atoms with E-state index in [1.165, 1.54) is 30.5 Å². The highest BCUT2D eigenvalue weighted by Gasteiger charge is 2.26. The number of amides is 1. The van der Waals surface area contributed by atoms with Gasteiger partial charge in [-0.05, 0) is 63.5 Å². The van der Waals surface area contributed by atoms with E-state index >= 15 is 0 Å². The van der Waals surface area contributed by atoms with Gasteiger partial charge in [-0.2, -0.15) is 4.98 Å². The number of hydrogen-bond acceptors (Lipinski definition) is 8. The monoisotopic (exact) mass is 504 g/mol. The third-order valence-electron chi connectivity index (χ3n) is 7.15. The molecule has 5 rings (SSSR count). The van der Waals surface area contributed by atoms with E-state index in [9.17, 15) is 14.9 Å². The van der Waals surface area contributed by atoms with E-state index in [2.05, 4.69) is 15.5 Å². The first-order valence-corrected chi connectivity index (χ1v) is 12.9. The Kier molecular flexibility index (Phi) is 7.07. The maximum atomic E-state index is 12.8. The van der Waals surface area contributed by atoms with Crippen molar-refractivity contribution in [2.75, 3.05) is 24.3 Å². The summed E-state index contributed by atoms with van der Waals surface area (Å²) in [6.45, 7) is 0. The summed E-state index contributed by atoms with van der Waals surface area (Å²) in [5, 5.41) is 17.7. The molecule has 1 amide bonds. The molecule has 1 aromatic carbocycles. The Morgan fingerprint density at radius 3 is 2.57 bits per heavy atom. The molecular weight excluding hydrogens is 472 g/mol. The van der Waals surface area contributed by atoms with E-state index in [4.69, 9.17) is 14.4 Å². The Morgan fingerprint density at radius 2 is 1.81 bits per heavy atom. The van der Waals surface area contributed by atoms with Gasteiger partial charge in [-0.15, -0.1) is 0 Å². The lowest BCUT2D eigenvalue weighted by Crippen LogP contribution is -2.40. The number of non-ortho nitro benzene ring substituents is 1. The van der Waals surface area contributed by atoms with Crippen molar-refractivity contribution >= 4 is 23.4 Å². The first kappa shape index (κ1) is 24.7. The molecule has 37 heavy (non-hydrogen) atoms. The van der Waals surface area contributed by atoms with Gasteiger partial charge in [0.15, 0.2) is 5.76 Å². The fraction of sp³-hybridized carbons (Fsp3) is 0.444. The number of nitrogens with one attached hydrogen (secondary N) is 2. The predicted molar refractivity (Wildman–Crippen MR) is 141 cm³/mol. The second-order valence-corrected chi connectivity index (χ2v) is 10.0. The van der Waals surface area contributed by atoms with Crippen LogP contribution in [0.2, 0.25) is 0 Å². The summed E-state index contributed by atoms with van der Waals surface area (Å²) in [5.74, 6) is 2.04. The first-order chi connectivity index (χ1) is 17.9. The SMILES string of the molecule is CN(C)c1nc(N[C@H]2CC[C@@H](NC(=O)c3ccc(-c4cccc([N+](=O)[O-])c4)o3)CC2)nc2c1CCCC2. The van der Waals surface area contributed by atoms with Gasteiger partial charge in [0, 0.05) is 49.4 Å². The number of fused-ring (bicyclic) bond motifs is 1. The third kappa shape index (κ3) is 5.58. The molecule has 2 N–H and O–H groups in total. The van der Waals surface area contributed by atoms with E-state index in [1.807, 2.05) is 14.1 Å². The van der Waals surface area contributed by atoms with E-state index < -0.39 is 4.92 Å². The quantitative estimate of drug-likeness (QED) is 0.349. The van der Waals surface area contributed by atoms with E-state index in [-0.39, 0.29) is 29.4 Å². The lowest BCUT2D eigenvalue weighted by molar-refractivity contribution is -0.384. The van der Waals surface area contributed by atoms with E-state index in [0.717, 1.165) is 50.0 Å². The van der Waals surface area contributed by atoms with Crippen molar-refractivity contribution in [3.05, 3.63) is 63.5 Å². The fourth-order valence-corrected chi connectivity index (χ4v) is 5.22. The Morgan fingerprint density at radius 1 is 1.05 bits per heavy atom. The lowest BCUT2D eigenvalue weighted by atomic mass is 9.91. The maximum Gasteiger partial charge on any atom is 0.287 e. The van der Waals surface area contributed by atoms with Crippen molar-refractivity contribution in [3.8, 4) is 11.3 Å². The zero-order chi connectivity index (χ0) is 25.9. The molecule has 194 valence electrons. The number of aryl methyl sites for hydroxylation is 1. The van der Waals surface area contributed by atoms with Crippen LogP contribution >= 0.6 is 0 Å². The summed E-state index contributed by atoms with van der Waals surface area (Å²) in [6, 6.07) is 9.75. The molecule has 0 saturated heterocycles. The Balaban J connectivity index is 1.17. The van der Waals surface area contributed by atoms with Crippen molar-refractivity contribution in [2.45, 2.75) is 63.5 Å². The summed E-state index contributed by atoms with van der Waals surface area (Å²) in [7, 11) is 4.06. The number of carbonyl (C=O) groups is 1. The minimum atomic E-state index is -0.454. The fourth-order valence-electron chi connectivity index (χ4n) is 5.22. The van der Waals surface area contributed by atoms with Crippen LogP contribution in [-0.2, 0) is 12.8 Å². The molecule has 2 aliphatic carbocycles. The molecular formula is C27H32N6O4. The van der Waals surface area contributed by atoms with Gasteiger partial charge >= 0.3 is 0 Å². The highest BCUT2D eigenvalue weighted by Crippen LogP contribution is 2.30. The minimum Gasteiger partial charge on any atom is -0.451 e. The van der Waals surface area contributed by atoms with Crippen LogP contribution in [0, 0.1) is 10.1 Å². The summed E-state index contributed by atoms with van der Waals surface area (Å²) < 4.78 is 5.72. The Bertz CT molecular complexity index is 1300. The Labute approximate surface area is 215 Å². The number of aromatic nitrogens is 2. The van der Waals surface area contributed by atoms with Gasteiger partial charge in [0.25, 0.3) is 11.6 Å². The number of nitro groups is 1. The summed E-state index contributed by atoms with van der Waals surface area (Å²) in [6.07, 6.45) is 7.88. The Hall–Kier alpha value is -3.95. The van der Waals surface area contributed by atoms with Crippen molar-refractivity contribution < 1.29 is 14.1 Å². The summed E-state index contributed by atoms with van der Waals surface area (Å²) in [5.41, 5.74) is 2.97. The third-order valence-corrected chi connectivity index (χ3v) is 7.15. The van der Waals surface area contributed by atoms with Crippen molar-refractivity contribution in [1.82, 2.24) is 15.3 Å². The normalized spacial score (nSPS) is 19.1. The molecule has 10 nitrogen and oxygen atoms in total. The number of carbonyl (C=O) groups excluding carboxylic acids is 1. The predicted octanol–water partition coefficient (Wildman–Crippen LogP) is 4.74.